The molecule has 0 aromatic heterocycles. The molecule has 6 heteroatoms. The molecule has 2 aliphatic rings. The maximum Gasteiger partial charge on any atom is 0.228 e. The fourth-order valence-corrected chi connectivity index (χ4v) is 4.41. The molecule has 0 N–H and O–H groups in total. The SMILES string of the molecule is CN1C(=O)C[C@@H](C(=O)N2CCN(Cc3ccccc3)CC2)[C@H]1c1ccc(F)cc1. The van der Waals surface area contributed by atoms with E-state index in [2.05, 4.69) is 17.0 Å². The number of carbonyl (C=O) groups is 2. The molecular weight excluding hydrogens is 369 g/mol. The topological polar surface area (TPSA) is 43.9 Å². The van der Waals surface area contributed by atoms with Crippen LogP contribution in [0.15, 0.2) is 54.6 Å². The summed E-state index contributed by atoms with van der Waals surface area (Å²) in [5, 5.41) is 0. The van der Waals surface area contributed by atoms with Gasteiger partial charge in [0.15, 0.2) is 0 Å². The average molecular weight is 395 g/mol. The molecule has 0 bridgehead atoms. The molecule has 2 aromatic rings. The van der Waals surface area contributed by atoms with Crippen molar-refractivity contribution in [2.75, 3.05) is 33.2 Å². The summed E-state index contributed by atoms with van der Waals surface area (Å²) in [7, 11) is 1.72. The molecule has 152 valence electrons. The van der Waals surface area contributed by atoms with Crippen LogP contribution < -0.4 is 0 Å². The van der Waals surface area contributed by atoms with Gasteiger partial charge >= 0.3 is 0 Å². The predicted octanol–water partition coefficient (Wildman–Crippen LogP) is 2.69. The molecule has 0 aliphatic carbocycles. The van der Waals surface area contributed by atoms with E-state index in [4.69, 9.17) is 0 Å². The van der Waals surface area contributed by atoms with Gasteiger partial charge in [-0.3, -0.25) is 14.5 Å². The lowest BCUT2D eigenvalue weighted by atomic mass is 9.92. The highest BCUT2D eigenvalue weighted by Crippen LogP contribution is 2.38. The molecule has 2 aliphatic heterocycles. The Bertz CT molecular complexity index is 863. The standard InChI is InChI=1S/C23H26FN3O2/c1-25-21(28)15-20(22(25)18-7-9-19(24)10-8-18)23(29)27-13-11-26(12-14-27)16-17-5-3-2-4-6-17/h2-10,20,22H,11-16H2,1H3/t20-,22-/m1/s1. The maximum atomic E-state index is 13.3. The number of benzene rings is 2. The van der Waals surface area contributed by atoms with Crippen LogP contribution in [-0.4, -0.2) is 59.7 Å². The maximum absolute atomic E-state index is 13.3. The number of carbonyl (C=O) groups excluding carboxylic acids is 2. The second-order valence-corrected chi connectivity index (χ2v) is 7.90. The Morgan fingerprint density at radius 3 is 2.31 bits per heavy atom. The van der Waals surface area contributed by atoms with E-state index in [-0.39, 0.29) is 30.1 Å². The summed E-state index contributed by atoms with van der Waals surface area (Å²) < 4.78 is 13.3. The molecule has 0 radical (unpaired) electrons. The highest BCUT2D eigenvalue weighted by molar-refractivity contribution is 5.90. The van der Waals surface area contributed by atoms with Gasteiger partial charge in [0.05, 0.1) is 12.0 Å². The molecule has 0 spiro atoms. The van der Waals surface area contributed by atoms with Crippen molar-refractivity contribution >= 4 is 11.8 Å². The first-order valence-electron chi connectivity index (χ1n) is 10.1. The van der Waals surface area contributed by atoms with Crippen LogP contribution in [0.4, 0.5) is 4.39 Å². The van der Waals surface area contributed by atoms with E-state index in [0.717, 1.165) is 25.2 Å². The van der Waals surface area contributed by atoms with Crippen molar-refractivity contribution in [2.45, 2.75) is 19.0 Å². The van der Waals surface area contributed by atoms with Gasteiger partial charge in [0, 0.05) is 46.2 Å². The van der Waals surface area contributed by atoms with E-state index in [1.807, 2.05) is 23.1 Å². The lowest BCUT2D eigenvalue weighted by molar-refractivity contribution is -0.138. The third kappa shape index (κ3) is 4.17. The van der Waals surface area contributed by atoms with Crippen LogP contribution in [0.5, 0.6) is 0 Å². The summed E-state index contributed by atoms with van der Waals surface area (Å²) in [6.07, 6.45) is 0.210. The van der Waals surface area contributed by atoms with E-state index < -0.39 is 5.92 Å². The normalized spacial score (nSPS) is 22.9. The van der Waals surface area contributed by atoms with E-state index in [0.29, 0.717) is 13.1 Å². The zero-order valence-corrected chi connectivity index (χ0v) is 16.6. The number of hydrogen-bond acceptors (Lipinski definition) is 3. The van der Waals surface area contributed by atoms with Crippen molar-refractivity contribution in [3.05, 3.63) is 71.5 Å². The van der Waals surface area contributed by atoms with E-state index >= 15 is 0 Å². The minimum Gasteiger partial charge on any atom is -0.340 e. The summed E-state index contributed by atoms with van der Waals surface area (Å²) >= 11 is 0. The molecule has 2 amide bonds. The van der Waals surface area contributed by atoms with Gasteiger partial charge in [0.25, 0.3) is 0 Å². The largest absolute Gasteiger partial charge is 0.340 e. The highest BCUT2D eigenvalue weighted by Gasteiger charge is 2.44. The summed E-state index contributed by atoms with van der Waals surface area (Å²) in [6, 6.07) is 16.1. The molecule has 2 heterocycles. The van der Waals surface area contributed by atoms with Gasteiger partial charge in [-0.2, -0.15) is 0 Å². The van der Waals surface area contributed by atoms with Crippen molar-refractivity contribution in [3.63, 3.8) is 0 Å². The Kier molecular flexibility index (Phi) is 5.62. The Morgan fingerprint density at radius 1 is 1.00 bits per heavy atom. The fourth-order valence-electron chi connectivity index (χ4n) is 4.41. The summed E-state index contributed by atoms with van der Waals surface area (Å²) in [5.41, 5.74) is 2.08. The molecule has 2 atom stereocenters. The number of hydrogen-bond donors (Lipinski definition) is 0. The lowest BCUT2D eigenvalue weighted by Crippen LogP contribution is -2.50. The van der Waals surface area contributed by atoms with Gasteiger partial charge in [0.1, 0.15) is 5.82 Å². The van der Waals surface area contributed by atoms with E-state index in [1.54, 1.807) is 24.1 Å². The number of piperazine rings is 1. The lowest BCUT2D eigenvalue weighted by Gasteiger charge is -2.37. The number of likely N-dealkylation sites (tertiary alicyclic amines) is 1. The first kappa shape index (κ1) is 19.6. The van der Waals surface area contributed by atoms with Gasteiger partial charge in [-0.05, 0) is 23.3 Å². The van der Waals surface area contributed by atoms with Gasteiger partial charge < -0.3 is 9.80 Å². The Balaban J connectivity index is 1.42. The molecule has 0 saturated carbocycles. The van der Waals surface area contributed by atoms with E-state index in [9.17, 15) is 14.0 Å². The first-order chi connectivity index (χ1) is 14.0. The first-order valence-corrected chi connectivity index (χ1v) is 10.1. The minimum atomic E-state index is -0.418. The summed E-state index contributed by atoms with van der Waals surface area (Å²) in [5.74, 6) is -0.756. The Morgan fingerprint density at radius 2 is 1.66 bits per heavy atom. The molecular formula is C23H26FN3O2. The van der Waals surface area contributed by atoms with Crippen molar-refractivity contribution in [2.24, 2.45) is 5.92 Å². The van der Waals surface area contributed by atoms with Crippen LogP contribution in [-0.2, 0) is 16.1 Å². The quantitative estimate of drug-likeness (QED) is 0.800. The van der Waals surface area contributed by atoms with Gasteiger partial charge in [-0.15, -0.1) is 0 Å². The smallest absolute Gasteiger partial charge is 0.228 e. The number of rotatable bonds is 4. The zero-order valence-electron chi connectivity index (χ0n) is 16.6. The van der Waals surface area contributed by atoms with Gasteiger partial charge in [-0.1, -0.05) is 42.5 Å². The second-order valence-electron chi connectivity index (χ2n) is 7.90. The second kappa shape index (κ2) is 8.33. The molecule has 2 saturated heterocycles. The molecule has 29 heavy (non-hydrogen) atoms. The van der Waals surface area contributed by atoms with Crippen LogP contribution in [0.2, 0.25) is 0 Å². The van der Waals surface area contributed by atoms with Crippen LogP contribution in [0, 0.1) is 11.7 Å². The number of nitrogens with zero attached hydrogens (tertiary/aromatic N) is 3. The van der Waals surface area contributed by atoms with Gasteiger partial charge in [0.2, 0.25) is 11.8 Å². The monoisotopic (exact) mass is 395 g/mol. The van der Waals surface area contributed by atoms with Crippen LogP contribution >= 0.6 is 0 Å². The van der Waals surface area contributed by atoms with Gasteiger partial charge in [-0.25, -0.2) is 4.39 Å². The molecule has 2 aromatic carbocycles. The molecule has 2 fully saturated rings. The van der Waals surface area contributed by atoms with Crippen molar-refractivity contribution in [1.82, 2.24) is 14.7 Å². The average Bonchev–Trinajstić information content (AvgIpc) is 3.04. The molecule has 0 unspecified atom stereocenters. The highest BCUT2D eigenvalue weighted by atomic mass is 19.1. The third-order valence-electron chi connectivity index (χ3n) is 6.05. The predicted molar refractivity (Wildman–Crippen MR) is 108 cm³/mol. The van der Waals surface area contributed by atoms with E-state index in [1.165, 1.54) is 17.7 Å². The van der Waals surface area contributed by atoms with Crippen LogP contribution in [0.1, 0.15) is 23.6 Å². The third-order valence-corrected chi connectivity index (χ3v) is 6.05. The summed E-state index contributed by atoms with van der Waals surface area (Å²) in [4.78, 5) is 31.5. The van der Waals surface area contributed by atoms with Crippen molar-refractivity contribution < 1.29 is 14.0 Å². The van der Waals surface area contributed by atoms with Crippen LogP contribution in [0.3, 0.4) is 0 Å². The summed E-state index contributed by atoms with van der Waals surface area (Å²) in [6.45, 7) is 3.84. The van der Waals surface area contributed by atoms with Crippen molar-refractivity contribution in [3.8, 4) is 0 Å². The number of halogens is 1. The molecule has 5 nitrogen and oxygen atoms in total. The fraction of sp³-hybridized carbons (Fsp3) is 0.391. The number of amides is 2. The Labute approximate surface area is 170 Å². The Hall–Kier alpha value is -2.73. The van der Waals surface area contributed by atoms with Crippen LogP contribution in [0.25, 0.3) is 0 Å². The zero-order chi connectivity index (χ0) is 20.4. The minimum absolute atomic E-state index is 0.0244. The van der Waals surface area contributed by atoms with Crippen molar-refractivity contribution in [1.29, 1.82) is 0 Å². The molecule has 4 rings (SSSR count).